The van der Waals surface area contributed by atoms with Crippen molar-refractivity contribution in [3.8, 4) is 17.8 Å². The Morgan fingerprint density at radius 1 is 1.00 bits per heavy atom. The zero-order chi connectivity index (χ0) is 14.7. The number of nitrogens with zero attached hydrogens (tertiary/aromatic N) is 3. The van der Waals surface area contributed by atoms with E-state index in [1.807, 2.05) is 32.9 Å². The van der Waals surface area contributed by atoms with E-state index in [0.29, 0.717) is 0 Å². The largest absolute Gasteiger partial charge is 0.467 e. The van der Waals surface area contributed by atoms with Gasteiger partial charge in [0.15, 0.2) is 0 Å². The molecule has 20 heavy (non-hydrogen) atoms. The van der Waals surface area contributed by atoms with Crippen LogP contribution in [0.15, 0.2) is 12.1 Å². The summed E-state index contributed by atoms with van der Waals surface area (Å²) in [5.41, 5.74) is 5.50. The van der Waals surface area contributed by atoms with E-state index in [1.165, 1.54) is 7.11 Å². The molecule has 0 aliphatic heterocycles. The highest BCUT2D eigenvalue weighted by Crippen LogP contribution is 2.29. The summed E-state index contributed by atoms with van der Waals surface area (Å²) in [5.74, 6) is 6.20. The van der Waals surface area contributed by atoms with Crippen molar-refractivity contribution in [3.63, 3.8) is 0 Å². The zero-order valence-electron chi connectivity index (χ0n) is 11.9. The quantitative estimate of drug-likeness (QED) is 0.649. The molecule has 0 radical (unpaired) electrons. The highest BCUT2D eigenvalue weighted by Gasteiger charge is 2.12. The van der Waals surface area contributed by atoms with Crippen LogP contribution in [0, 0.1) is 20.8 Å². The van der Waals surface area contributed by atoms with E-state index in [1.54, 1.807) is 0 Å². The molecule has 1 aromatic heterocycles. The molecule has 106 valence electrons. The second kappa shape index (κ2) is 5.70. The average molecular weight is 275 g/mol. The van der Waals surface area contributed by atoms with E-state index in [2.05, 4.69) is 20.4 Å². The maximum atomic E-state index is 5.77. The van der Waals surface area contributed by atoms with E-state index in [4.69, 9.17) is 15.3 Å². The molecule has 0 saturated carbocycles. The monoisotopic (exact) mass is 275 g/mol. The summed E-state index contributed by atoms with van der Waals surface area (Å²) in [6.45, 7) is 5.96. The van der Waals surface area contributed by atoms with Gasteiger partial charge in [-0.25, -0.2) is 5.84 Å². The van der Waals surface area contributed by atoms with Crippen molar-refractivity contribution >= 4 is 5.95 Å². The lowest BCUT2D eigenvalue weighted by Gasteiger charge is -2.13. The van der Waals surface area contributed by atoms with Gasteiger partial charge in [-0.15, -0.1) is 4.98 Å². The van der Waals surface area contributed by atoms with Crippen LogP contribution in [0.25, 0.3) is 0 Å². The first-order chi connectivity index (χ1) is 9.55. The Balaban J connectivity index is 2.42. The normalized spacial score (nSPS) is 10.2. The van der Waals surface area contributed by atoms with Crippen molar-refractivity contribution in [2.45, 2.75) is 20.8 Å². The molecule has 0 amide bonds. The Labute approximate surface area is 117 Å². The topological polar surface area (TPSA) is 95.2 Å². The number of nitrogen functional groups attached to an aromatic ring is 1. The number of aromatic nitrogens is 3. The van der Waals surface area contributed by atoms with Crippen molar-refractivity contribution < 1.29 is 9.47 Å². The van der Waals surface area contributed by atoms with E-state index < -0.39 is 0 Å². The maximum absolute atomic E-state index is 5.77. The summed E-state index contributed by atoms with van der Waals surface area (Å²) in [6, 6.07) is 4.28. The van der Waals surface area contributed by atoms with Gasteiger partial charge in [0.05, 0.1) is 7.11 Å². The predicted molar refractivity (Wildman–Crippen MR) is 74.9 cm³/mol. The van der Waals surface area contributed by atoms with Gasteiger partial charge in [-0.2, -0.15) is 9.97 Å². The van der Waals surface area contributed by atoms with Crippen LogP contribution in [0.1, 0.15) is 16.7 Å². The highest BCUT2D eigenvalue weighted by atomic mass is 16.5. The highest BCUT2D eigenvalue weighted by molar-refractivity contribution is 5.46. The van der Waals surface area contributed by atoms with Gasteiger partial charge in [-0.05, 0) is 37.5 Å². The van der Waals surface area contributed by atoms with Gasteiger partial charge >= 0.3 is 12.0 Å². The number of hydrazine groups is 1. The van der Waals surface area contributed by atoms with Crippen LogP contribution in [0.3, 0.4) is 0 Å². The summed E-state index contributed by atoms with van der Waals surface area (Å²) < 4.78 is 10.7. The third-order valence-corrected chi connectivity index (χ3v) is 2.97. The fourth-order valence-corrected chi connectivity index (χ4v) is 1.71. The van der Waals surface area contributed by atoms with Crippen molar-refractivity contribution in [3.05, 3.63) is 28.8 Å². The lowest BCUT2D eigenvalue weighted by atomic mass is 10.1. The predicted octanol–water partition coefficient (Wildman–Crippen LogP) is 1.88. The molecular weight excluding hydrogens is 258 g/mol. The standard InChI is InChI=1S/C13H17N5O2/c1-7-5-6-8(2)10(9(7)3)20-13-16-11(18-14)15-12(17-13)19-4/h5-6H,14H2,1-4H3,(H,15,16,17,18). The van der Waals surface area contributed by atoms with Crippen LogP contribution < -0.4 is 20.7 Å². The summed E-state index contributed by atoms with van der Waals surface area (Å²) in [5, 5.41) is 0. The number of benzene rings is 1. The smallest absolute Gasteiger partial charge is 0.330 e. The van der Waals surface area contributed by atoms with Crippen molar-refractivity contribution in [1.29, 1.82) is 0 Å². The molecule has 2 rings (SSSR count). The SMILES string of the molecule is COc1nc(NN)nc(Oc2c(C)ccc(C)c2C)n1. The molecule has 2 aromatic rings. The number of hydrogen-bond acceptors (Lipinski definition) is 7. The second-order valence-electron chi connectivity index (χ2n) is 4.33. The van der Waals surface area contributed by atoms with Gasteiger partial charge in [-0.3, -0.25) is 5.43 Å². The molecule has 0 bridgehead atoms. The van der Waals surface area contributed by atoms with E-state index in [-0.39, 0.29) is 18.0 Å². The number of methoxy groups -OCH3 is 1. The average Bonchev–Trinajstić information content (AvgIpc) is 2.47. The Morgan fingerprint density at radius 3 is 2.30 bits per heavy atom. The first-order valence-corrected chi connectivity index (χ1v) is 6.06. The Bertz CT molecular complexity index is 608. The van der Waals surface area contributed by atoms with E-state index in [9.17, 15) is 0 Å². The molecule has 0 fully saturated rings. The number of aryl methyl sites for hydroxylation is 2. The van der Waals surface area contributed by atoms with E-state index >= 15 is 0 Å². The Morgan fingerprint density at radius 2 is 1.65 bits per heavy atom. The van der Waals surface area contributed by atoms with Gasteiger partial charge in [0.2, 0.25) is 5.95 Å². The van der Waals surface area contributed by atoms with Crippen LogP contribution >= 0.6 is 0 Å². The van der Waals surface area contributed by atoms with Gasteiger partial charge in [0, 0.05) is 0 Å². The minimum Gasteiger partial charge on any atom is -0.467 e. The molecule has 0 aliphatic carbocycles. The maximum Gasteiger partial charge on any atom is 0.330 e. The van der Waals surface area contributed by atoms with Crippen LogP contribution in [0.4, 0.5) is 5.95 Å². The molecule has 7 heteroatoms. The molecule has 0 spiro atoms. The molecule has 0 atom stereocenters. The zero-order valence-corrected chi connectivity index (χ0v) is 11.9. The molecule has 1 aromatic carbocycles. The summed E-state index contributed by atoms with van der Waals surface area (Å²) >= 11 is 0. The number of nitrogens with two attached hydrogens (primary N) is 1. The van der Waals surface area contributed by atoms with Crippen LogP contribution in [0.5, 0.6) is 17.8 Å². The number of anilines is 1. The van der Waals surface area contributed by atoms with Gasteiger partial charge in [-0.1, -0.05) is 12.1 Å². The fourth-order valence-electron chi connectivity index (χ4n) is 1.71. The lowest BCUT2D eigenvalue weighted by molar-refractivity contribution is 0.359. The Hall–Kier alpha value is -2.41. The summed E-state index contributed by atoms with van der Waals surface area (Å²) in [6.07, 6.45) is 0. The van der Waals surface area contributed by atoms with Gasteiger partial charge in [0.25, 0.3) is 0 Å². The molecule has 7 nitrogen and oxygen atoms in total. The molecular formula is C13H17N5O2. The first kappa shape index (κ1) is 14.0. The molecule has 3 N–H and O–H groups in total. The van der Waals surface area contributed by atoms with Crippen LogP contribution in [-0.2, 0) is 0 Å². The summed E-state index contributed by atoms with van der Waals surface area (Å²) in [4.78, 5) is 12.0. The molecule has 0 aliphatic rings. The molecule has 0 unspecified atom stereocenters. The van der Waals surface area contributed by atoms with Gasteiger partial charge in [0.1, 0.15) is 5.75 Å². The van der Waals surface area contributed by atoms with Crippen LogP contribution in [-0.4, -0.2) is 22.1 Å². The fraction of sp³-hybridized carbons (Fsp3) is 0.308. The summed E-state index contributed by atoms with van der Waals surface area (Å²) in [7, 11) is 1.46. The lowest BCUT2D eigenvalue weighted by Crippen LogP contribution is -2.12. The third-order valence-electron chi connectivity index (χ3n) is 2.97. The van der Waals surface area contributed by atoms with Crippen molar-refractivity contribution in [1.82, 2.24) is 15.0 Å². The minimum atomic E-state index is 0.126. The second-order valence-corrected chi connectivity index (χ2v) is 4.33. The van der Waals surface area contributed by atoms with Crippen molar-refractivity contribution in [2.75, 3.05) is 12.5 Å². The number of hydrogen-bond donors (Lipinski definition) is 2. The third kappa shape index (κ3) is 2.77. The Kier molecular flexibility index (Phi) is 3.99. The minimum absolute atomic E-state index is 0.126. The first-order valence-electron chi connectivity index (χ1n) is 6.06. The number of ether oxygens (including phenoxy) is 2. The van der Waals surface area contributed by atoms with Gasteiger partial charge < -0.3 is 9.47 Å². The molecule has 1 heterocycles. The number of rotatable bonds is 4. The van der Waals surface area contributed by atoms with Crippen molar-refractivity contribution in [2.24, 2.45) is 5.84 Å². The van der Waals surface area contributed by atoms with Crippen LogP contribution in [0.2, 0.25) is 0 Å². The number of nitrogens with one attached hydrogen (secondary N) is 1. The van der Waals surface area contributed by atoms with E-state index in [0.717, 1.165) is 22.4 Å². The molecule has 0 saturated heterocycles.